The SMILES string of the molecule is COc1ccc(C(C)O)c(OCCc2ccncc2)c1. The second-order valence-electron chi connectivity index (χ2n) is 4.53. The molecule has 1 atom stereocenters. The smallest absolute Gasteiger partial charge is 0.128 e. The highest BCUT2D eigenvalue weighted by Crippen LogP contribution is 2.29. The maximum Gasteiger partial charge on any atom is 0.128 e. The minimum atomic E-state index is -0.572. The topological polar surface area (TPSA) is 51.6 Å². The second kappa shape index (κ2) is 6.91. The summed E-state index contributed by atoms with van der Waals surface area (Å²) in [5, 5.41) is 9.76. The van der Waals surface area contributed by atoms with Gasteiger partial charge in [0, 0.05) is 30.4 Å². The van der Waals surface area contributed by atoms with Gasteiger partial charge in [0.2, 0.25) is 0 Å². The summed E-state index contributed by atoms with van der Waals surface area (Å²) in [5.74, 6) is 1.38. The molecule has 0 radical (unpaired) electrons. The van der Waals surface area contributed by atoms with Gasteiger partial charge in [-0.2, -0.15) is 0 Å². The van der Waals surface area contributed by atoms with Crippen molar-refractivity contribution in [3.8, 4) is 11.5 Å². The fourth-order valence-electron chi connectivity index (χ4n) is 1.94. The third kappa shape index (κ3) is 3.71. The summed E-state index contributed by atoms with van der Waals surface area (Å²) >= 11 is 0. The van der Waals surface area contributed by atoms with E-state index in [0.29, 0.717) is 18.1 Å². The van der Waals surface area contributed by atoms with E-state index in [9.17, 15) is 5.11 Å². The lowest BCUT2D eigenvalue weighted by atomic mass is 10.1. The minimum absolute atomic E-state index is 0.539. The van der Waals surface area contributed by atoms with E-state index in [1.165, 1.54) is 5.56 Å². The molecule has 0 fully saturated rings. The lowest BCUT2D eigenvalue weighted by Gasteiger charge is -2.14. The van der Waals surface area contributed by atoms with Gasteiger partial charge in [-0.15, -0.1) is 0 Å². The molecule has 0 spiro atoms. The van der Waals surface area contributed by atoms with Crippen LogP contribution in [-0.2, 0) is 6.42 Å². The number of methoxy groups -OCH3 is 1. The molecule has 1 aromatic carbocycles. The molecule has 0 bridgehead atoms. The van der Waals surface area contributed by atoms with Gasteiger partial charge in [-0.1, -0.05) is 0 Å². The van der Waals surface area contributed by atoms with E-state index in [0.717, 1.165) is 12.0 Å². The van der Waals surface area contributed by atoms with Gasteiger partial charge in [-0.25, -0.2) is 0 Å². The van der Waals surface area contributed by atoms with Crippen molar-refractivity contribution in [1.29, 1.82) is 0 Å². The standard InChI is InChI=1S/C16H19NO3/c1-12(18)15-4-3-14(19-2)11-16(15)20-10-7-13-5-8-17-9-6-13/h3-6,8-9,11-12,18H,7,10H2,1-2H3. The van der Waals surface area contributed by atoms with Crippen LogP contribution in [0.5, 0.6) is 11.5 Å². The Morgan fingerprint density at radius 2 is 1.95 bits per heavy atom. The molecule has 0 saturated carbocycles. The van der Waals surface area contributed by atoms with Crippen LogP contribution in [0.2, 0.25) is 0 Å². The quantitative estimate of drug-likeness (QED) is 0.879. The number of aromatic nitrogens is 1. The van der Waals surface area contributed by atoms with Crippen LogP contribution in [0, 0.1) is 0 Å². The van der Waals surface area contributed by atoms with Crippen molar-refractivity contribution in [2.75, 3.05) is 13.7 Å². The number of aliphatic hydroxyl groups excluding tert-OH is 1. The molecule has 2 rings (SSSR count). The van der Waals surface area contributed by atoms with Crippen LogP contribution >= 0.6 is 0 Å². The molecule has 106 valence electrons. The van der Waals surface area contributed by atoms with E-state index < -0.39 is 6.10 Å². The number of pyridine rings is 1. The Balaban J connectivity index is 2.04. The first-order valence-electron chi connectivity index (χ1n) is 6.58. The van der Waals surface area contributed by atoms with Crippen LogP contribution in [0.15, 0.2) is 42.7 Å². The van der Waals surface area contributed by atoms with Crippen molar-refractivity contribution in [1.82, 2.24) is 4.98 Å². The lowest BCUT2D eigenvalue weighted by molar-refractivity contribution is 0.191. The molecule has 20 heavy (non-hydrogen) atoms. The predicted octanol–water partition coefficient (Wildman–Crippen LogP) is 2.77. The van der Waals surface area contributed by atoms with E-state index in [2.05, 4.69) is 4.98 Å². The number of rotatable bonds is 6. The molecule has 4 heteroatoms. The summed E-state index contributed by atoms with van der Waals surface area (Å²) in [4.78, 5) is 3.98. The van der Waals surface area contributed by atoms with Crippen molar-refractivity contribution in [3.63, 3.8) is 0 Å². The summed E-state index contributed by atoms with van der Waals surface area (Å²) < 4.78 is 11.0. The molecular weight excluding hydrogens is 254 g/mol. The van der Waals surface area contributed by atoms with Gasteiger partial charge in [-0.05, 0) is 36.8 Å². The van der Waals surface area contributed by atoms with Crippen molar-refractivity contribution < 1.29 is 14.6 Å². The summed E-state index contributed by atoms with van der Waals surface area (Å²) in [5.41, 5.74) is 1.93. The molecule has 1 unspecified atom stereocenters. The highest BCUT2D eigenvalue weighted by atomic mass is 16.5. The number of benzene rings is 1. The Morgan fingerprint density at radius 3 is 2.60 bits per heavy atom. The fourth-order valence-corrected chi connectivity index (χ4v) is 1.94. The largest absolute Gasteiger partial charge is 0.497 e. The monoisotopic (exact) mass is 273 g/mol. The second-order valence-corrected chi connectivity index (χ2v) is 4.53. The zero-order valence-electron chi connectivity index (χ0n) is 11.7. The number of hydrogen-bond donors (Lipinski definition) is 1. The van der Waals surface area contributed by atoms with Gasteiger partial charge in [0.05, 0.1) is 19.8 Å². The van der Waals surface area contributed by atoms with E-state index in [4.69, 9.17) is 9.47 Å². The number of ether oxygens (including phenoxy) is 2. The van der Waals surface area contributed by atoms with E-state index in [-0.39, 0.29) is 0 Å². The van der Waals surface area contributed by atoms with Crippen LogP contribution in [0.4, 0.5) is 0 Å². The van der Waals surface area contributed by atoms with Crippen molar-refractivity contribution in [2.45, 2.75) is 19.4 Å². The molecular formula is C16H19NO3. The van der Waals surface area contributed by atoms with Crippen molar-refractivity contribution in [2.24, 2.45) is 0 Å². The average molecular weight is 273 g/mol. The highest BCUT2D eigenvalue weighted by molar-refractivity contribution is 5.41. The maximum atomic E-state index is 9.76. The van der Waals surface area contributed by atoms with Crippen molar-refractivity contribution >= 4 is 0 Å². The van der Waals surface area contributed by atoms with E-state index >= 15 is 0 Å². The highest BCUT2D eigenvalue weighted by Gasteiger charge is 2.10. The molecule has 0 saturated heterocycles. The Morgan fingerprint density at radius 1 is 1.20 bits per heavy atom. The van der Waals surface area contributed by atoms with Crippen LogP contribution in [0.25, 0.3) is 0 Å². The first-order valence-corrected chi connectivity index (χ1v) is 6.58. The third-order valence-corrected chi connectivity index (χ3v) is 3.07. The zero-order chi connectivity index (χ0) is 14.4. The van der Waals surface area contributed by atoms with Crippen molar-refractivity contribution in [3.05, 3.63) is 53.9 Å². The summed E-state index contributed by atoms with van der Waals surface area (Å²) in [6, 6.07) is 9.37. The van der Waals surface area contributed by atoms with Crippen LogP contribution < -0.4 is 9.47 Å². The number of hydrogen-bond acceptors (Lipinski definition) is 4. The van der Waals surface area contributed by atoms with Crippen LogP contribution in [0.1, 0.15) is 24.2 Å². The molecule has 0 amide bonds. The molecule has 1 heterocycles. The minimum Gasteiger partial charge on any atom is -0.497 e. The van der Waals surface area contributed by atoms with Gasteiger partial charge < -0.3 is 14.6 Å². The Labute approximate surface area is 119 Å². The molecule has 1 aromatic heterocycles. The van der Waals surface area contributed by atoms with Crippen LogP contribution in [0.3, 0.4) is 0 Å². The van der Waals surface area contributed by atoms with Gasteiger partial charge in [0.15, 0.2) is 0 Å². The first kappa shape index (κ1) is 14.3. The Bertz CT molecular complexity index is 541. The molecule has 1 N–H and O–H groups in total. The van der Waals surface area contributed by atoms with Gasteiger partial charge in [-0.3, -0.25) is 4.98 Å². The third-order valence-electron chi connectivity index (χ3n) is 3.07. The molecule has 4 nitrogen and oxygen atoms in total. The maximum absolute atomic E-state index is 9.76. The number of aliphatic hydroxyl groups is 1. The van der Waals surface area contributed by atoms with E-state index in [1.54, 1.807) is 32.5 Å². The molecule has 0 aliphatic carbocycles. The summed E-state index contributed by atoms with van der Waals surface area (Å²) in [6.45, 7) is 2.26. The summed E-state index contributed by atoms with van der Waals surface area (Å²) in [7, 11) is 1.61. The number of nitrogens with zero attached hydrogens (tertiary/aromatic N) is 1. The normalized spacial score (nSPS) is 11.9. The Kier molecular flexibility index (Phi) is 4.96. The summed E-state index contributed by atoms with van der Waals surface area (Å²) in [6.07, 6.45) is 3.75. The molecule has 0 aliphatic heterocycles. The average Bonchev–Trinajstić information content (AvgIpc) is 2.48. The van der Waals surface area contributed by atoms with Crippen LogP contribution in [-0.4, -0.2) is 23.8 Å². The van der Waals surface area contributed by atoms with Gasteiger partial charge >= 0.3 is 0 Å². The first-order chi connectivity index (χ1) is 9.70. The predicted molar refractivity (Wildman–Crippen MR) is 77.1 cm³/mol. The Hall–Kier alpha value is -2.07. The lowest BCUT2D eigenvalue weighted by Crippen LogP contribution is -2.05. The molecule has 0 aliphatic rings. The zero-order valence-corrected chi connectivity index (χ0v) is 11.7. The van der Waals surface area contributed by atoms with E-state index in [1.807, 2.05) is 24.3 Å². The van der Waals surface area contributed by atoms with Gasteiger partial charge in [0.25, 0.3) is 0 Å². The molecule has 2 aromatic rings. The fraction of sp³-hybridized carbons (Fsp3) is 0.312. The van der Waals surface area contributed by atoms with Gasteiger partial charge in [0.1, 0.15) is 11.5 Å².